The van der Waals surface area contributed by atoms with Crippen molar-refractivity contribution in [1.82, 2.24) is 0 Å². The van der Waals surface area contributed by atoms with Crippen LogP contribution < -0.4 is 17.1 Å². The molecule has 0 amide bonds. The van der Waals surface area contributed by atoms with Gasteiger partial charge in [-0.2, -0.15) is 0 Å². The summed E-state index contributed by atoms with van der Waals surface area (Å²) in [7, 11) is 1.03. The van der Waals surface area contributed by atoms with E-state index in [-0.39, 0.29) is 12.4 Å². The summed E-state index contributed by atoms with van der Waals surface area (Å²) in [5.74, 6) is 5.98. The van der Waals surface area contributed by atoms with Gasteiger partial charge in [-0.05, 0) is 25.0 Å². The molecule has 0 heterocycles. The zero-order chi connectivity index (χ0) is 14.5. The average molecular weight is 317 g/mol. The molecule has 1 aromatic rings. The van der Waals surface area contributed by atoms with Gasteiger partial charge in [-0.1, -0.05) is 12.1 Å². The molecule has 0 fully saturated rings. The first kappa shape index (κ1) is 18.8. The highest BCUT2D eigenvalue weighted by Gasteiger charge is 2.14. The molecule has 0 atom stereocenters. The van der Waals surface area contributed by atoms with Crippen molar-refractivity contribution >= 4 is 15.7 Å². The molecule has 0 aliphatic rings. The van der Waals surface area contributed by atoms with Crippen molar-refractivity contribution in [3.63, 3.8) is 0 Å². The number of hydrogen-bond acceptors (Lipinski definition) is 2. The van der Waals surface area contributed by atoms with Crippen molar-refractivity contribution in [2.75, 3.05) is 31.6 Å². The van der Waals surface area contributed by atoms with Gasteiger partial charge >= 0.3 is 0 Å². The van der Waals surface area contributed by atoms with Gasteiger partial charge in [-0.25, -0.2) is 8.42 Å². The van der Waals surface area contributed by atoms with Gasteiger partial charge in [0, 0.05) is 11.3 Å². The summed E-state index contributed by atoms with van der Waals surface area (Å²) in [6.07, 6.45) is 1.14. The molecule has 4 nitrogen and oxygen atoms in total. The van der Waals surface area contributed by atoms with Crippen LogP contribution in [0.5, 0.6) is 0 Å². The van der Waals surface area contributed by atoms with Gasteiger partial charge in [0.15, 0.2) is 0 Å². The third-order valence-corrected chi connectivity index (χ3v) is 3.16. The lowest BCUT2D eigenvalue weighted by atomic mass is 10.2. The molecular formula is C14H21ClN2O2S. The van der Waals surface area contributed by atoms with Gasteiger partial charge in [0.05, 0.1) is 20.4 Å². The smallest absolute Gasteiger partial charge is 0.229 e. The maximum atomic E-state index is 11.1. The van der Waals surface area contributed by atoms with Crippen molar-refractivity contribution in [1.29, 1.82) is 0 Å². The monoisotopic (exact) mass is 316 g/mol. The molecule has 112 valence electrons. The molecule has 0 radical (unpaired) electrons. The van der Waals surface area contributed by atoms with E-state index in [1.54, 1.807) is 12.1 Å². The van der Waals surface area contributed by atoms with Gasteiger partial charge in [-0.3, -0.25) is 4.72 Å². The van der Waals surface area contributed by atoms with Crippen molar-refractivity contribution in [3.05, 3.63) is 29.8 Å². The Balaban J connectivity index is 0.00000361. The third-order valence-electron chi connectivity index (χ3n) is 2.55. The molecule has 0 unspecified atom stereocenters. The molecule has 0 aliphatic carbocycles. The lowest BCUT2D eigenvalue weighted by Crippen LogP contribution is -3.00. The molecule has 1 aromatic carbocycles. The first-order valence-electron chi connectivity index (χ1n) is 6.00. The molecule has 1 N–H and O–H groups in total. The molecule has 0 spiro atoms. The third kappa shape index (κ3) is 7.39. The van der Waals surface area contributed by atoms with E-state index in [0.717, 1.165) is 29.4 Å². The number of rotatable bonds is 5. The summed E-state index contributed by atoms with van der Waals surface area (Å²) in [6, 6.07) is 7.43. The van der Waals surface area contributed by atoms with Crippen LogP contribution in [0.1, 0.15) is 12.5 Å². The Morgan fingerprint density at radius 2 is 1.75 bits per heavy atom. The Labute approximate surface area is 128 Å². The number of hydrogen-bond donors (Lipinski definition) is 1. The fourth-order valence-corrected chi connectivity index (χ4v) is 2.30. The lowest BCUT2D eigenvalue weighted by Gasteiger charge is -2.27. The van der Waals surface area contributed by atoms with E-state index >= 15 is 0 Å². The minimum atomic E-state index is -3.21. The SMILES string of the molecule is CC#CC[N+](C)(C)Cc1ccc(NS(C)(=O)=O)cc1.[Cl-]. The number of benzene rings is 1. The minimum Gasteiger partial charge on any atom is -1.00 e. The number of nitrogens with one attached hydrogen (secondary N) is 1. The van der Waals surface area contributed by atoms with E-state index in [0.29, 0.717) is 5.69 Å². The Bertz CT molecular complexity index is 584. The summed E-state index contributed by atoms with van der Waals surface area (Å²) in [5, 5.41) is 0. The summed E-state index contributed by atoms with van der Waals surface area (Å²) < 4.78 is 25.4. The number of halogens is 1. The van der Waals surface area contributed by atoms with Crippen molar-refractivity contribution in [2.24, 2.45) is 0 Å². The zero-order valence-corrected chi connectivity index (χ0v) is 13.8. The fourth-order valence-electron chi connectivity index (χ4n) is 1.74. The molecule has 0 aliphatic heterocycles. The molecule has 0 saturated heterocycles. The van der Waals surface area contributed by atoms with Crippen molar-refractivity contribution in [2.45, 2.75) is 13.5 Å². The van der Waals surface area contributed by atoms with E-state index in [2.05, 4.69) is 30.7 Å². The van der Waals surface area contributed by atoms with Gasteiger partial charge in [-0.15, -0.1) is 5.92 Å². The Kier molecular flexibility index (Phi) is 7.07. The molecule has 0 saturated carbocycles. The fraction of sp³-hybridized carbons (Fsp3) is 0.429. The molecule has 0 aromatic heterocycles. The van der Waals surface area contributed by atoms with Gasteiger partial charge in [0.25, 0.3) is 0 Å². The van der Waals surface area contributed by atoms with Crippen LogP contribution in [0.15, 0.2) is 24.3 Å². The van der Waals surface area contributed by atoms with Crippen LogP contribution in [0, 0.1) is 11.8 Å². The van der Waals surface area contributed by atoms with E-state index in [1.165, 1.54) is 0 Å². The Hall–Kier alpha value is -1.22. The van der Waals surface area contributed by atoms with Gasteiger partial charge in [0.2, 0.25) is 10.0 Å². The first-order valence-corrected chi connectivity index (χ1v) is 7.89. The molecule has 1 rings (SSSR count). The minimum absolute atomic E-state index is 0. The van der Waals surface area contributed by atoms with Crippen LogP contribution in [0.3, 0.4) is 0 Å². The highest BCUT2D eigenvalue weighted by Crippen LogP contribution is 2.14. The van der Waals surface area contributed by atoms with Crippen molar-refractivity contribution in [3.8, 4) is 11.8 Å². The second-order valence-electron chi connectivity index (χ2n) is 5.25. The normalized spacial score (nSPS) is 11.0. The van der Waals surface area contributed by atoms with E-state index < -0.39 is 10.0 Å². The molecule has 6 heteroatoms. The first-order chi connectivity index (χ1) is 8.72. The van der Waals surface area contributed by atoms with E-state index in [1.807, 2.05) is 19.1 Å². The quantitative estimate of drug-likeness (QED) is 0.540. The van der Waals surface area contributed by atoms with Crippen LogP contribution in [0.25, 0.3) is 0 Å². The average Bonchev–Trinajstić information content (AvgIpc) is 2.27. The molecule has 0 bridgehead atoms. The van der Waals surface area contributed by atoms with Gasteiger partial charge in [0.1, 0.15) is 13.1 Å². The van der Waals surface area contributed by atoms with Crippen LogP contribution >= 0.6 is 0 Å². The molecular weight excluding hydrogens is 296 g/mol. The van der Waals surface area contributed by atoms with Crippen molar-refractivity contribution < 1.29 is 25.3 Å². The number of quaternary nitrogens is 1. The topological polar surface area (TPSA) is 46.2 Å². The molecule has 20 heavy (non-hydrogen) atoms. The lowest BCUT2D eigenvalue weighted by molar-refractivity contribution is -0.896. The summed E-state index contributed by atoms with van der Waals surface area (Å²) in [5.41, 5.74) is 1.74. The number of sulfonamides is 1. The second kappa shape index (κ2) is 7.53. The largest absolute Gasteiger partial charge is 1.00 e. The standard InChI is InChI=1S/C14H21N2O2S.ClH/c1-5-6-11-16(2,3)12-13-7-9-14(10-8-13)15-19(4,17)18;/h7-10,15H,11-12H2,1-4H3;1H/q+1;/p-1. The zero-order valence-electron chi connectivity index (χ0n) is 12.3. The predicted molar refractivity (Wildman–Crippen MR) is 79.0 cm³/mol. The Morgan fingerprint density at radius 1 is 1.20 bits per heavy atom. The number of nitrogens with zero attached hydrogens (tertiary/aromatic N) is 1. The maximum Gasteiger partial charge on any atom is 0.229 e. The van der Waals surface area contributed by atoms with E-state index in [9.17, 15) is 8.42 Å². The van der Waals surface area contributed by atoms with Crippen LogP contribution in [0.4, 0.5) is 5.69 Å². The number of anilines is 1. The highest BCUT2D eigenvalue weighted by atomic mass is 35.5. The summed E-state index contributed by atoms with van der Waals surface area (Å²) in [4.78, 5) is 0. The highest BCUT2D eigenvalue weighted by molar-refractivity contribution is 7.92. The summed E-state index contributed by atoms with van der Waals surface area (Å²) >= 11 is 0. The van der Waals surface area contributed by atoms with E-state index in [4.69, 9.17) is 0 Å². The predicted octanol–water partition coefficient (Wildman–Crippen LogP) is -1.34. The van der Waals surface area contributed by atoms with Crippen LogP contribution in [0.2, 0.25) is 0 Å². The van der Waals surface area contributed by atoms with Crippen LogP contribution in [-0.2, 0) is 16.6 Å². The Morgan fingerprint density at radius 3 is 2.20 bits per heavy atom. The maximum absolute atomic E-state index is 11.1. The van der Waals surface area contributed by atoms with Gasteiger partial charge < -0.3 is 16.9 Å². The summed E-state index contributed by atoms with van der Waals surface area (Å²) in [6.45, 7) is 3.49. The second-order valence-corrected chi connectivity index (χ2v) is 7.00. The van der Waals surface area contributed by atoms with Crippen LogP contribution in [-0.4, -0.2) is 39.8 Å².